The molecule has 3 fully saturated rings. The highest BCUT2D eigenvalue weighted by Crippen LogP contribution is 2.47. The van der Waals surface area contributed by atoms with Gasteiger partial charge in [0.25, 0.3) is 5.91 Å². The van der Waals surface area contributed by atoms with Gasteiger partial charge in [0.15, 0.2) is 11.4 Å². The number of benzene rings is 1. The molecule has 0 radical (unpaired) electrons. The van der Waals surface area contributed by atoms with Gasteiger partial charge in [-0.05, 0) is 30.5 Å². The number of fused-ring (bicyclic) bond motifs is 2. The second-order valence-corrected chi connectivity index (χ2v) is 8.74. The second kappa shape index (κ2) is 7.04. The Morgan fingerprint density at radius 2 is 1.91 bits per heavy atom. The first kappa shape index (κ1) is 19.3. The Bertz CT molecular complexity index is 1240. The smallest absolute Gasteiger partial charge is 0.257 e. The minimum Gasteiger partial charge on any atom is -0.356 e. The van der Waals surface area contributed by atoms with Crippen LogP contribution in [0.15, 0.2) is 48.7 Å². The van der Waals surface area contributed by atoms with Crippen molar-refractivity contribution in [2.75, 3.05) is 18.0 Å². The number of carbonyl (C=O) groups is 1. The van der Waals surface area contributed by atoms with Gasteiger partial charge in [0.2, 0.25) is 0 Å². The van der Waals surface area contributed by atoms with Crippen molar-refractivity contribution in [2.45, 2.75) is 43.6 Å². The van der Waals surface area contributed by atoms with Crippen molar-refractivity contribution in [1.82, 2.24) is 14.5 Å². The molecule has 7 nitrogen and oxygen atoms in total. The lowest BCUT2D eigenvalue weighted by atomic mass is 9.89. The number of pyridine rings is 1. The lowest BCUT2D eigenvalue weighted by Gasteiger charge is -2.38. The van der Waals surface area contributed by atoms with E-state index in [4.69, 9.17) is 4.74 Å². The van der Waals surface area contributed by atoms with E-state index in [0.717, 1.165) is 24.6 Å². The first-order valence-corrected chi connectivity index (χ1v) is 11.0. The van der Waals surface area contributed by atoms with Crippen LogP contribution in [0.3, 0.4) is 0 Å². The van der Waals surface area contributed by atoms with E-state index in [9.17, 15) is 14.4 Å². The summed E-state index contributed by atoms with van der Waals surface area (Å²) in [6.45, 7) is 1.18. The highest BCUT2D eigenvalue weighted by atomic mass is 19.1. The summed E-state index contributed by atoms with van der Waals surface area (Å²) in [5, 5.41) is 13.4. The minimum absolute atomic E-state index is 0.0660. The summed E-state index contributed by atoms with van der Waals surface area (Å²) >= 11 is 0. The van der Waals surface area contributed by atoms with Crippen LogP contribution < -0.4 is 4.90 Å². The molecule has 0 saturated carbocycles. The van der Waals surface area contributed by atoms with Crippen LogP contribution in [0.4, 0.5) is 10.2 Å². The fraction of sp³-hybridized carbons (Fsp3) is 0.375. The molecule has 6 rings (SSSR count). The topological polar surface area (TPSA) is 73.9 Å². The van der Waals surface area contributed by atoms with Gasteiger partial charge in [0.1, 0.15) is 23.6 Å². The number of piperidine rings is 1. The minimum atomic E-state index is -0.796. The van der Waals surface area contributed by atoms with E-state index in [-0.39, 0.29) is 29.3 Å². The number of hydrogen-bond donors (Lipinski definition) is 0. The molecule has 3 saturated heterocycles. The summed E-state index contributed by atoms with van der Waals surface area (Å²) in [6, 6.07) is 15.7. The highest BCUT2D eigenvalue weighted by molar-refractivity contribution is 5.88. The summed E-state index contributed by atoms with van der Waals surface area (Å²) in [5.41, 5.74) is 0.793. The molecule has 0 bridgehead atoms. The molecular weight excluding hydrogens is 409 g/mol. The third-order valence-corrected chi connectivity index (χ3v) is 7.11. The van der Waals surface area contributed by atoms with Gasteiger partial charge in [-0.1, -0.05) is 30.3 Å². The fourth-order valence-electron chi connectivity index (χ4n) is 5.53. The molecule has 8 heteroatoms. The molecule has 3 aliphatic rings. The number of rotatable bonds is 2. The van der Waals surface area contributed by atoms with E-state index in [1.807, 2.05) is 29.2 Å². The molecule has 5 heterocycles. The Morgan fingerprint density at radius 3 is 2.66 bits per heavy atom. The van der Waals surface area contributed by atoms with Crippen LogP contribution in [0, 0.1) is 17.1 Å². The van der Waals surface area contributed by atoms with Crippen molar-refractivity contribution in [3.63, 3.8) is 0 Å². The first-order valence-electron chi connectivity index (χ1n) is 11.0. The normalized spacial score (nSPS) is 24.3. The van der Waals surface area contributed by atoms with Crippen molar-refractivity contribution in [3.8, 4) is 6.07 Å². The molecule has 3 aliphatic heterocycles. The molecule has 2 aromatic heterocycles. The Hall–Kier alpha value is -3.44. The molecule has 0 aliphatic carbocycles. The van der Waals surface area contributed by atoms with E-state index in [0.29, 0.717) is 31.7 Å². The Balaban J connectivity index is 1.24. The van der Waals surface area contributed by atoms with Crippen LogP contribution in [-0.2, 0) is 9.53 Å². The second-order valence-electron chi connectivity index (χ2n) is 8.74. The summed E-state index contributed by atoms with van der Waals surface area (Å²) in [5.74, 6) is 0.285. The van der Waals surface area contributed by atoms with Crippen molar-refractivity contribution < 1.29 is 13.9 Å². The number of hydrogen-bond acceptors (Lipinski definition) is 5. The van der Waals surface area contributed by atoms with Gasteiger partial charge in [-0.2, -0.15) is 10.4 Å². The van der Waals surface area contributed by atoms with Gasteiger partial charge >= 0.3 is 0 Å². The van der Waals surface area contributed by atoms with Crippen LogP contribution in [0.2, 0.25) is 0 Å². The molecule has 1 spiro atoms. The fourth-order valence-corrected chi connectivity index (χ4v) is 5.53. The number of amides is 1. The van der Waals surface area contributed by atoms with Crippen molar-refractivity contribution in [3.05, 3.63) is 65.6 Å². The Morgan fingerprint density at radius 1 is 1.12 bits per heavy atom. The summed E-state index contributed by atoms with van der Waals surface area (Å²) in [4.78, 5) is 17.6. The lowest BCUT2D eigenvalue weighted by molar-refractivity contribution is -0.140. The van der Waals surface area contributed by atoms with Gasteiger partial charge < -0.3 is 14.5 Å². The van der Waals surface area contributed by atoms with Crippen molar-refractivity contribution in [1.29, 1.82) is 5.26 Å². The van der Waals surface area contributed by atoms with Gasteiger partial charge in [-0.3, -0.25) is 4.79 Å². The number of carbonyl (C=O) groups excluding carboxylic acids is 1. The number of aromatic nitrogens is 2. The van der Waals surface area contributed by atoms with E-state index >= 15 is 0 Å². The zero-order valence-corrected chi connectivity index (χ0v) is 17.4. The molecular formula is C24H22FN5O2. The average Bonchev–Trinajstić information content (AvgIpc) is 3.49. The van der Waals surface area contributed by atoms with E-state index < -0.39 is 11.4 Å². The van der Waals surface area contributed by atoms with Crippen LogP contribution in [0.1, 0.15) is 42.9 Å². The maximum absolute atomic E-state index is 14.2. The van der Waals surface area contributed by atoms with Crippen molar-refractivity contribution in [2.24, 2.45) is 0 Å². The van der Waals surface area contributed by atoms with E-state index in [1.165, 1.54) is 4.52 Å². The van der Waals surface area contributed by atoms with Gasteiger partial charge in [-0.15, -0.1) is 0 Å². The molecule has 162 valence electrons. The zero-order valence-electron chi connectivity index (χ0n) is 17.4. The van der Waals surface area contributed by atoms with Crippen LogP contribution in [-0.4, -0.2) is 45.3 Å². The molecule has 3 aromatic rings. The molecule has 2 atom stereocenters. The Kier molecular flexibility index (Phi) is 4.24. The summed E-state index contributed by atoms with van der Waals surface area (Å²) < 4.78 is 22.1. The van der Waals surface area contributed by atoms with E-state index in [2.05, 4.69) is 22.1 Å². The number of halogens is 1. The summed E-state index contributed by atoms with van der Waals surface area (Å²) in [6.07, 6.45) is 3.85. The number of ether oxygens (including phenoxy) is 1. The standard InChI is InChI=1S/C24H22FN5O2/c25-18-15-27-30-20(8-6-17(14-26)22(18)30)28-12-10-24(11-13-28)23(31)29-19(7-9-21(29)32-24)16-4-2-1-3-5-16/h1-6,8,15,19,21H,7,9-13H2/t19-,21+/m0/s1. The maximum Gasteiger partial charge on any atom is 0.257 e. The number of nitrogens with zero attached hydrogens (tertiary/aromatic N) is 5. The first-order chi connectivity index (χ1) is 15.6. The zero-order chi connectivity index (χ0) is 21.9. The quantitative estimate of drug-likeness (QED) is 0.622. The predicted molar refractivity (Wildman–Crippen MR) is 114 cm³/mol. The highest BCUT2D eigenvalue weighted by Gasteiger charge is 2.58. The molecule has 0 unspecified atom stereocenters. The molecule has 0 N–H and O–H groups in total. The van der Waals surface area contributed by atoms with Crippen molar-refractivity contribution >= 4 is 17.2 Å². The number of nitriles is 1. The largest absolute Gasteiger partial charge is 0.356 e. The predicted octanol–water partition coefficient (Wildman–Crippen LogP) is 3.40. The van der Waals surface area contributed by atoms with Gasteiger partial charge in [-0.25, -0.2) is 8.91 Å². The molecule has 1 aromatic carbocycles. The van der Waals surface area contributed by atoms with Gasteiger partial charge in [0.05, 0.1) is 17.8 Å². The third kappa shape index (κ3) is 2.67. The Labute approximate surface area is 184 Å². The summed E-state index contributed by atoms with van der Waals surface area (Å²) in [7, 11) is 0. The van der Waals surface area contributed by atoms with Crippen LogP contribution >= 0.6 is 0 Å². The number of anilines is 1. The maximum atomic E-state index is 14.2. The SMILES string of the molecule is N#Cc1ccc(N2CCC3(CC2)O[C@@H]2CC[C@@H](c4ccccc4)N2C3=O)n2ncc(F)c12. The molecule has 1 amide bonds. The molecule has 32 heavy (non-hydrogen) atoms. The van der Waals surface area contributed by atoms with Gasteiger partial charge in [0, 0.05) is 25.9 Å². The lowest BCUT2D eigenvalue weighted by Crippen LogP contribution is -2.50. The average molecular weight is 431 g/mol. The third-order valence-electron chi connectivity index (χ3n) is 7.11. The monoisotopic (exact) mass is 431 g/mol. The van der Waals surface area contributed by atoms with Crippen LogP contribution in [0.25, 0.3) is 5.52 Å². The van der Waals surface area contributed by atoms with E-state index in [1.54, 1.807) is 12.1 Å². The van der Waals surface area contributed by atoms with Crippen LogP contribution in [0.5, 0.6) is 0 Å².